The molecular weight excluding hydrogens is 250 g/mol. The van der Waals surface area contributed by atoms with Crippen molar-refractivity contribution in [1.29, 1.82) is 0 Å². The Morgan fingerprint density at radius 1 is 1.32 bits per heavy atom. The van der Waals surface area contributed by atoms with Gasteiger partial charge < -0.3 is 5.32 Å². The van der Waals surface area contributed by atoms with E-state index < -0.39 is 5.82 Å². The van der Waals surface area contributed by atoms with Crippen LogP contribution in [0.2, 0.25) is 0 Å². The number of aromatic nitrogens is 3. The third-order valence-corrected chi connectivity index (χ3v) is 3.02. The third-order valence-electron chi connectivity index (χ3n) is 3.02. The molecule has 0 aliphatic rings. The van der Waals surface area contributed by atoms with E-state index in [1.54, 1.807) is 13.8 Å². The van der Waals surface area contributed by atoms with Gasteiger partial charge in [-0.3, -0.25) is 5.10 Å². The first-order valence-corrected chi connectivity index (χ1v) is 6.11. The molecule has 102 valence electrons. The molecule has 1 heterocycles. The minimum absolute atomic E-state index is 0.266. The van der Waals surface area contributed by atoms with Crippen LogP contribution in [-0.2, 0) is 6.42 Å². The summed E-state index contributed by atoms with van der Waals surface area (Å²) < 4.78 is 27.2. The van der Waals surface area contributed by atoms with E-state index in [1.165, 1.54) is 18.5 Å². The highest BCUT2D eigenvalue weighted by molar-refractivity contribution is 5.27. The number of H-pyrrole nitrogens is 1. The Kier molecular flexibility index (Phi) is 4.21. The molecule has 0 spiro atoms. The average molecular weight is 266 g/mol. The summed E-state index contributed by atoms with van der Waals surface area (Å²) in [5.74, 6) is -0.0193. The molecule has 19 heavy (non-hydrogen) atoms. The highest BCUT2D eigenvalue weighted by Gasteiger charge is 2.13. The Hall–Kier alpha value is -1.82. The van der Waals surface area contributed by atoms with Gasteiger partial charge in [0.25, 0.3) is 0 Å². The number of aromatic amines is 1. The molecule has 0 radical (unpaired) electrons. The van der Waals surface area contributed by atoms with Crippen LogP contribution in [0.5, 0.6) is 0 Å². The molecule has 6 heteroatoms. The minimum Gasteiger partial charge on any atom is -0.310 e. The van der Waals surface area contributed by atoms with Gasteiger partial charge in [-0.1, -0.05) is 0 Å². The number of nitrogens with one attached hydrogen (secondary N) is 2. The van der Waals surface area contributed by atoms with Gasteiger partial charge in [-0.15, -0.1) is 0 Å². The van der Waals surface area contributed by atoms with Crippen molar-refractivity contribution in [3.8, 4) is 0 Å². The van der Waals surface area contributed by atoms with Crippen molar-refractivity contribution in [2.24, 2.45) is 0 Å². The normalized spacial score (nSPS) is 12.6. The molecule has 2 aromatic rings. The second-order valence-electron chi connectivity index (χ2n) is 4.48. The van der Waals surface area contributed by atoms with Gasteiger partial charge in [-0.25, -0.2) is 13.8 Å². The van der Waals surface area contributed by atoms with E-state index in [9.17, 15) is 8.78 Å². The lowest BCUT2D eigenvalue weighted by molar-refractivity contribution is 0.516. The molecule has 1 aromatic carbocycles. The number of rotatable bonds is 5. The molecule has 0 saturated heterocycles. The first kappa shape index (κ1) is 13.6. The Morgan fingerprint density at radius 2 is 2.11 bits per heavy atom. The maximum absolute atomic E-state index is 13.7. The molecule has 1 atom stereocenters. The van der Waals surface area contributed by atoms with Crippen LogP contribution in [-0.4, -0.2) is 21.7 Å². The fraction of sp³-hybridized carbons (Fsp3) is 0.385. The highest BCUT2D eigenvalue weighted by atomic mass is 19.1. The molecule has 2 rings (SSSR count). The Balaban J connectivity index is 1.96. The second-order valence-corrected chi connectivity index (χ2v) is 4.48. The summed E-state index contributed by atoms with van der Waals surface area (Å²) >= 11 is 0. The number of hydrogen-bond donors (Lipinski definition) is 2. The highest BCUT2D eigenvalue weighted by Crippen LogP contribution is 2.20. The van der Waals surface area contributed by atoms with Gasteiger partial charge in [0.05, 0.1) is 0 Å². The molecule has 4 nitrogen and oxygen atoms in total. The van der Waals surface area contributed by atoms with Crippen LogP contribution in [0.1, 0.15) is 29.9 Å². The SMILES string of the molecule is Cc1cc(F)c(C(C)NCCc2ncn[nH]2)cc1F. The number of aryl methyl sites for hydroxylation is 1. The van der Waals surface area contributed by atoms with E-state index in [0.29, 0.717) is 24.1 Å². The topological polar surface area (TPSA) is 53.6 Å². The van der Waals surface area contributed by atoms with Gasteiger partial charge in [-0.2, -0.15) is 5.10 Å². The monoisotopic (exact) mass is 266 g/mol. The van der Waals surface area contributed by atoms with E-state index in [2.05, 4.69) is 20.5 Å². The molecule has 0 saturated carbocycles. The van der Waals surface area contributed by atoms with Crippen LogP contribution in [0.25, 0.3) is 0 Å². The van der Waals surface area contributed by atoms with E-state index in [-0.39, 0.29) is 11.9 Å². The molecule has 0 aliphatic carbocycles. The van der Waals surface area contributed by atoms with E-state index in [0.717, 1.165) is 5.82 Å². The fourth-order valence-electron chi connectivity index (χ4n) is 1.86. The summed E-state index contributed by atoms with van der Waals surface area (Å²) in [6, 6.07) is 2.20. The van der Waals surface area contributed by atoms with Gasteiger partial charge in [0.15, 0.2) is 0 Å². The summed E-state index contributed by atoms with van der Waals surface area (Å²) in [4.78, 5) is 3.99. The van der Waals surface area contributed by atoms with Crippen molar-refractivity contribution in [2.75, 3.05) is 6.54 Å². The minimum atomic E-state index is -0.390. The first-order valence-electron chi connectivity index (χ1n) is 6.11. The first-order chi connectivity index (χ1) is 9.08. The summed E-state index contributed by atoms with van der Waals surface area (Å²) in [7, 11) is 0. The predicted octanol–water partition coefficient (Wildman–Crippen LogP) is 2.28. The zero-order chi connectivity index (χ0) is 13.8. The zero-order valence-electron chi connectivity index (χ0n) is 10.9. The summed E-state index contributed by atoms with van der Waals surface area (Å²) in [5.41, 5.74) is 0.649. The van der Waals surface area contributed by atoms with Crippen molar-refractivity contribution in [1.82, 2.24) is 20.5 Å². The number of halogens is 2. The van der Waals surface area contributed by atoms with Gasteiger partial charge in [0, 0.05) is 24.6 Å². The zero-order valence-corrected chi connectivity index (χ0v) is 10.9. The van der Waals surface area contributed by atoms with E-state index in [1.807, 2.05) is 0 Å². The van der Waals surface area contributed by atoms with Crippen LogP contribution < -0.4 is 5.32 Å². The van der Waals surface area contributed by atoms with Gasteiger partial charge in [0.2, 0.25) is 0 Å². The lowest BCUT2D eigenvalue weighted by Crippen LogP contribution is -2.22. The summed E-state index contributed by atoms with van der Waals surface area (Å²) in [5, 5.41) is 9.61. The van der Waals surface area contributed by atoms with E-state index >= 15 is 0 Å². The molecule has 2 N–H and O–H groups in total. The Morgan fingerprint density at radius 3 is 2.79 bits per heavy atom. The standard InChI is InChI=1S/C13H16F2N4/c1-8-5-12(15)10(6-11(8)14)9(2)16-4-3-13-17-7-18-19-13/h5-7,9,16H,3-4H2,1-2H3,(H,17,18,19). The van der Waals surface area contributed by atoms with Gasteiger partial charge in [-0.05, 0) is 31.5 Å². The summed E-state index contributed by atoms with van der Waals surface area (Å²) in [6.07, 6.45) is 2.09. The van der Waals surface area contributed by atoms with Crippen LogP contribution in [0.3, 0.4) is 0 Å². The molecule has 0 fully saturated rings. The van der Waals surface area contributed by atoms with Crippen LogP contribution in [0.4, 0.5) is 8.78 Å². The molecule has 1 aromatic heterocycles. The van der Waals surface area contributed by atoms with Crippen LogP contribution in [0, 0.1) is 18.6 Å². The maximum Gasteiger partial charge on any atom is 0.137 e. The van der Waals surface area contributed by atoms with Crippen molar-refractivity contribution in [3.63, 3.8) is 0 Å². The fourth-order valence-corrected chi connectivity index (χ4v) is 1.86. The maximum atomic E-state index is 13.7. The number of hydrogen-bond acceptors (Lipinski definition) is 3. The molecule has 0 bridgehead atoms. The summed E-state index contributed by atoms with van der Waals surface area (Å²) in [6.45, 7) is 3.95. The smallest absolute Gasteiger partial charge is 0.137 e. The lowest BCUT2D eigenvalue weighted by Gasteiger charge is -2.15. The number of benzene rings is 1. The largest absolute Gasteiger partial charge is 0.310 e. The second kappa shape index (κ2) is 5.88. The van der Waals surface area contributed by atoms with Crippen molar-refractivity contribution in [2.45, 2.75) is 26.3 Å². The number of nitrogens with zero attached hydrogens (tertiary/aromatic N) is 2. The van der Waals surface area contributed by atoms with Crippen molar-refractivity contribution in [3.05, 3.63) is 47.0 Å². The molecule has 1 unspecified atom stereocenters. The van der Waals surface area contributed by atoms with Gasteiger partial charge >= 0.3 is 0 Å². The Labute approximate surface area is 110 Å². The third kappa shape index (κ3) is 3.35. The van der Waals surface area contributed by atoms with E-state index in [4.69, 9.17) is 0 Å². The molecular formula is C13H16F2N4. The quantitative estimate of drug-likeness (QED) is 0.873. The molecule has 0 aliphatic heterocycles. The molecule has 0 amide bonds. The average Bonchev–Trinajstić information content (AvgIpc) is 2.86. The van der Waals surface area contributed by atoms with Gasteiger partial charge in [0.1, 0.15) is 23.8 Å². The van der Waals surface area contributed by atoms with Crippen molar-refractivity contribution < 1.29 is 8.78 Å². The lowest BCUT2D eigenvalue weighted by atomic mass is 10.0. The Bertz CT molecular complexity index is 540. The van der Waals surface area contributed by atoms with Crippen LogP contribution >= 0.6 is 0 Å². The van der Waals surface area contributed by atoms with Crippen LogP contribution in [0.15, 0.2) is 18.5 Å². The van der Waals surface area contributed by atoms with Crippen molar-refractivity contribution >= 4 is 0 Å². The predicted molar refractivity (Wildman–Crippen MR) is 67.6 cm³/mol.